The average molecular weight is 291 g/mol. The molecule has 114 valence electrons. The number of hydrogen-bond acceptors (Lipinski definition) is 4. The Bertz CT molecular complexity index is 470. The van der Waals surface area contributed by atoms with E-state index in [9.17, 15) is 9.59 Å². The van der Waals surface area contributed by atoms with Crippen LogP contribution in [0, 0.1) is 5.92 Å². The van der Waals surface area contributed by atoms with Crippen molar-refractivity contribution in [1.82, 2.24) is 15.2 Å². The maximum absolute atomic E-state index is 12.1. The van der Waals surface area contributed by atoms with Crippen LogP contribution in [-0.2, 0) is 16.1 Å². The van der Waals surface area contributed by atoms with Crippen molar-refractivity contribution in [3.8, 4) is 0 Å². The molecule has 1 N–H and O–H groups in total. The van der Waals surface area contributed by atoms with Gasteiger partial charge in [-0.15, -0.1) is 0 Å². The second kappa shape index (κ2) is 7.61. The monoisotopic (exact) mass is 291 g/mol. The van der Waals surface area contributed by atoms with E-state index in [0.29, 0.717) is 39.1 Å². The van der Waals surface area contributed by atoms with Crippen molar-refractivity contribution in [1.29, 1.82) is 0 Å². The van der Waals surface area contributed by atoms with Gasteiger partial charge < -0.3 is 15.0 Å². The number of rotatable bonds is 4. The number of aromatic nitrogens is 1. The van der Waals surface area contributed by atoms with E-state index in [-0.39, 0.29) is 17.9 Å². The number of carbonyl (C=O) groups excluding carboxylic acids is 2. The molecule has 2 amide bonds. The zero-order chi connectivity index (χ0) is 15.1. The van der Waals surface area contributed by atoms with Crippen molar-refractivity contribution in [2.24, 2.45) is 5.92 Å². The minimum Gasteiger partial charge on any atom is -0.466 e. The molecular weight excluding hydrogens is 270 g/mol. The number of ether oxygens (including phenoxy) is 1. The fraction of sp³-hybridized carbons (Fsp3) is 0.533. The van der Waals surface area contributed by atoms with Gasteiger partial charge in [0.25, 0.3) is 0 Å². The van der Waals surface area contributed by atoms with E-state index in [1.807, 2.05) is 12.1 Å². The Balaban J connectivity index is 1.74. The van der Waals surface area contributed by atoms with E-state index < -0.39 is 0 Å². The normalized spacial score (nSPS) is 15.6. The number of piperidine rings is 1. The largest absolute Gasteiger partial charge is 0.466 e. The first kappa shape index (κ1) is 15.3. The number of amides is 2. The smallest absolute Gasteiger partial charge is 0.317 e. The summed E-state index contributed by atoms with van der Waals surface area (Å²) in [5.74, 6) is -0.219. The highest BCUT2D eigenvalue weighted by molar-refractivity contribution is 5.76. The van der Waals surface area contributed by atoms with Crippen molar-refractivity contribution in [2.75, 3.05) is 19.7 Å². The summed E-state index contributed by atoms with van der Waals surface area (Å²) in [5.41, 5.74) is 1.01. The van der Waals surface area contributed by atoms with E-state index in [2.05, 4.69) is 10.3 Å². The molecule has 0 atom stereocenters. The molecule has 1 fully saturated rings. The molecule has 1 aliphatic heterocycles. The number of likely N-dealkylation sites (tertiary alicyclic amines) is 1. The zero-order valence-corrected chi connectivity index (χ0v) is 12.2. The summed E-state index contributed by atoms with van der Waals surface area (Å²) in [5, 5.41) is 2.88. The zero-order valence-electron chi connectivity index (χ0n) is 12.2. The Morgan fingerprint density at radius 2 is 2.00 bits per heavy atom. The predicted molar refractivity (Wildman–Crippen MR) is 77.4 cm³/mol. The Labute approximate surface area is 124 Å². The van der Waals surface area contributed by atoms with Gasteiger partial charge >= 0.3 is 12.0 Å². The van der Waals surface area contributed by atoms with Crippen LogP contribution < -0.4 is 5.32 Å². The van der Waals surface area contributed by atoms with Gasteiger partial charge in [-0.05, 0) is 37.5 Å². The van der Waals surface area contributed by atoms with Crippen molar-refractivity contribution in [3.63, 3.8) is 0 Å². The highest BCUT2D eigenvalue weighted by Gasteiger charge is 2.27. The molecule has 2 heterocycles. The van der Waals surface area contributed by atoms with Crippen LogP contribution in [0.15, 0.2) is 24.5 Å². The van der Waals surface area contributed by atoms with Gasteiger partial charge in [0.05, 0.1) is 12.5 Å². The topological polar surface area (TPSA) is 71.5 Å². The van der Waals surface area contributed by atoms with Gasteiger partial charge in [0.15, 0.2) is 0 Å². The first-order valence-electron chi connectivity index (χ1n) is 7.29. The minimum absolute atomic E-state index is 0.0748. The number of pyridine rings is 1. The highest BCUT2D eigenvalue weighted by Crippen LogP contribution is 2.18. The number of urea groups is 1. The number of esters is 1. The molecule has 0 bridgehead atoms. The molecule has 2 rings (SSSR count). The molecule has 6 nitrogen and oxygen atoms in total. The maximum Gasteiger partial charge on any atom is 0.317 e. The third-order valence-corrected chi connectivity index (χ3v) is 3.60. The maximum atomic E-state index is 12.1. The summed E-state index contributed by atoms with van der Waals surface area (Å²) in [4.78, 5) is 29.4. The number of nitrogens with one attached hydrogen (secondary N) is 1. The lowest BCUT2D eigenvalue weighted by atomic mass is 9.97. The second-order valence-corrected chi connectivity index (χ2v) is 5.03. The van der Waals surface area contributed by atoms with Gasteiger partial charge in [-0.2, -0.15) is 0 Å². The van der Waals surface area contributed by atoms with Crippen LogP contribution >= 0.6 is 0 Å². The Hall–Kier alpha value is -2.11. The molecule has 21 heavy (non-hydrogen) atoms. The van der Waals surface area contributed by atoms with Crippen molar-refractivity contribution in [3.05, 3.63) is 30.1 Å². The minimum atomic E-state index is -0.144. The van der Waals surface area contributed by atoms with Crippen LogP contribution in [0.2, 0.25) is 0 Å². The van der Waals surface area contributed by atoms with Crippen molar-refractivity contribution < 1.29 is 14.3 Å². The van der Waals surface area contributed by atoms with Gasteiger partial charge in [-0.3, -0.25) is 9.78 Å². The second-order valence-electron chi connectivity index (χ2n) is 5.03. The van der Waals surface area contributed by atoms with Crippen LogP contribution in [0.1, 0.15) is 25.3 Å². The van der Waals surface area contributed by atoms with Crippen LogP contribution in [0.25, 0.3) is 0 Å². The summed E-state index contributed by atoms with van der Waals surface area (Å²) in [6, 6.07) is 3.65. The summed E-state index contributed by atoms with van der Waals surface area (Å²) in [6.45, 7) is 3.88. The fourth-order valence-corrected chi connectivity index (χ4v) is 2.37. The molecular formula is C15H21N3O3. The van der Waals surface area contributed by atoms with Crippen molar-refractivity contribution >= 4 is 12.0 Å². The Morgan fingerprint density at radius 1 is 1.33 bits per heavy atom. The molecule has 1 aromatic rings. The Morgan fingerprint density at radius 3 is 2.62 bits per heavy atom. The van der Waals surface area contributed by atoms with Gasteiger partial charge in [0.1, 0.15) is 0 Å². The Kier molecular flexibility index (Phi) is 5.54. The molecule has 0 radical (unpaired) electrons. The molecule has 0 aliphatic carbocycles. The number of hydrogen-bond donors (Lipinski definition) is 1. The van der Waals surface area contributed by atoms with E-state index in [1.165, 1.54) is 0 Å². The van der Waals surface area contributed by atoms with Gasteiger partial charge in [0, 0.05) is 32.0 Å². The first-order valence-corrected chi connectivity index (χ1v) is 7.29. The highest BCUT2D eigenvalue weighted by atomic mass is 16.5. The van der Waals surface area contributed by atoms with E-state index in [4.69, 9.17) is 4.74 Å². The molecule has 0 aromatic carbocycles. The average Bonchev–Trinajstić information content (AvgIpc) is 2.54. The molecule has 0 spiro atoms. The third kappa shape index (κ3) is 4.44. The van der Waals surface area contributed by atoms with E-state index in [0.717, 1.165) is 5.56 Å². The summed E-state index contributed by atoms with van der Waals surface area (Å²) >= 11 is 0. The van der Waals surface area contributed by atoms with Gasteiger partial charge in [-0.1, -0.05) is 0 Å². The lowest BCUT2D eigenvalue weighted by Crippen LogP contribution is -2.45. The summed E-state index contributed by atoms with van der Waals surface area (Å²) in [6.07, 6.45) is 4.74. The molecule has 1 aromatic heterocycles. The van der Waals surface area contributed by atoms with Crippen LogP contribution in [0.5, 0.6) is 0 Å². The fourth-order valence-electron chi connectivity index (χ4n) is 2.37. The summed E-state index contributed by atoms with van der Waals surface area (Å²) < 4.78 is 5.02. The molecule has 6 heteroatoms. The van der Waals surface area contributed by atoms with Crippen molar-refractivity contribution in [2.45, 2.75) is 26.3 Å². The first-order chi connectivity index (χ1) is 10.2. The molecule has 0 saturated carbocycles. The van der Waals surface area contributed by atoms with Crippen LogP contribution in [0.4, 0.5) is 4.79 Å². The van der Waals surface area contributed by atoms with E-state index >= 15 is 0 Å². The summed E-state index contributed by atoms with van der Waals surface area (Å²) in [7, 11) is 0. The SMILES string of the molecule is CCOC(=O)C1CCN(C(=O)NCc2ccncc2)CC1. The van der Waals surface area contributed by atoms with E-state index in [1.54, 1.807) is 24.2 Å². The predicted octanol–water partition coefficient (Wildman–Crippen LogP) is 1.57. The molecule has 1 saturated heterocycles. The number of carbonyl (C=O) groups is 2. The lowest BCUT2D eigenvalue weighted by molar-refractivity contribution is -0.149. The van der Waals surface area contributed by atoms with Crippen LogP contribution in [-0.4, -0.2) is 41.6 Å². The number of nitrogens with zero attached hydrogens (tertiary/aromatic N) is 2. The van der Waals surface area contributed by atoms with Crippen LogP contribution in [0.3, 0.4) is 0 Å². The quantitative estimate of drug-likeness (QED) is 0.855. The third-order valence-electron chi connectivity index (χ3n) is 3.60. The molecule has 1 aliphatic rings. The van der Waals surface area contributed by atoms with Gasteiger partial charge in [0.2, 0.25) is 0 Å². The molecule has 0 unspecified atom stereocenters. The standard InChI is InChI=1S/C15H21N3O3/c1-2-21-14(19)13-5-9-18(10-6-13)15(20)17-11-12-3-7-16-8-4-12/h3-4,7-8,13H,2,5-6,9-11H2,1H3,(H,17,20). The van der Waals surface area contributed by atoms with Gasteiger partial charge in [-0.25, -0.2) is 4.79 Å². The lowest BCUT2D eigenvalue weighted by Gasteiger charge is -2.30.